The lowest BCUT2D eigenvalue weighted by Crippen LogP contribution is -2.52. The van der Waals surface area contributed by atoms with Gasteiger partial charge in [-0.25, -0.2) is 0 Å². The zero-order valence-electron chi connectivity index (χ0n) is 13.7. The SMILES string of the molecule is CC(C)Cn1cc(NC(=O)C2(n3cccn3)CCNCC2)cn1. The molecule has 0 bridgehead atoms. The predicted octanol–water partition coefficient (Wildman–Crippen LogP) is 1.45. The van der Waals surface area contributed by atoms with Gasteiger partial charge in [0.25, 0.3) is 5.91 Å². The molecule has 2 aromatic heterocycles. The van der Waals surface area contributed by atoms with Crippen molar-refractivity contribution in [2.75, 3.05) is 18.4 Å². The second-order valence-corrected chi connectivity index (χ2v) is 6.53. The minimum absolute atomic E-state index is 0.0215. The van der Waals surface area contributed by atoms with Crippen molar-refractivity contribution in [3.8, 4) is 0 Å². The highest BCUT2D eigenvalue weighted by Gasteiger charge is 2.42. The first-order valence-corrected chi connectivity index (χ1v) is 8.15. The van der Waals surface area contributed by atoms with E-state index in [1.807, 2.05) is 23.1 Å². The van der Waals surface area contributed by atoms with Gasteiger partial charge in [-0.3, -0.25) is 14.2 Å². The highest BCUT2D eigenvalue weighted by molar-refractivity contribution is 5.96. The number of nitrogens with one attached hydrogen (secondary N) is 2. The molecule has 0 saturated carbocycles. The van der Waals surface area contributed by atoms with E-state index in [4.69, 9.17) is 0 Å². The van der Waals surface area contributed by atoms with Crippen LogP contribution in [0, 0.1) is 5.92 Å². The van der Waals surface area contributed by atoms with E-state index >= 15 is 0 Å². The molecule has 0 atom stereocenters. The maximum Gasteiger partial charge on any atom is 0.252 e. The maximum absolute atomic E-state index is 13.0. The Balaban J connectivity index is 1.78. The van der Waals surface area contributed by atoms with Crippen molar-refractivity contribution in [3.63, 3.8) is 0 Å². The molecule has 1 aliphatic heterocycles. The highest BCUT2D eigenvalue weighted by atomic mass is 16.2. The van der Waals surface area contributed by atoms with Crippen LogP contribution in [-0.4, -0.2) is 38.6 Å². The molecule has 1 aliphatic rings. The van der Waals surface area contributed by atoms with Gasteiger partial charge in [0.2, 0.25) is 0 Å². The topological polar surface area (TPSA) is 76.8 Å². The van der Waals surface area contributed by atoms with Crippen molar-refractivity contribution in [2.45, 2.75) is 38.8 Å². The quantitative estimate of drug-likeness (QED) is 0.875. The number of amides is 1. The molecule has 2 aromatic rings. The van der Waals surface area contributed by atoms with E-state index in [1.54, 1.807) is 17.1 Å². The van der Waals surface area contributed by atoms with Gasteiger partial charge in [-0.1, -0.05) is 13.8 Å². The normalized spacial score (nSPS) is 17.3. The van der Waals surface area contributed by atoms with E-state index in [2.05, 4.69) is 34.7 Å². The summed E-state index contributed by atoms with van der Waals surface area (Å²) in [5.74, 6) is 0.491. The van der Waals surface area contributed by atoms with Gasteiger partial charge < -0.3 is 10.6 Å². The molecule has 3 heterocycles. The zero-order chi connectivity index (χ0) is 16.3. The molecule has 0 spiro atoms. The van der Waals surface area contributed by atoms with Crippen LogP contribution in [0.5, 0.6) is 0 Å². The van der Waals surface area contributed by atoms with E-state index in [1.165, 1.54) is 0 Å². The molecular formula is C16H24N6O. The van der Waals surface area contributed by atoms with Crippen LogP contribution in [0.3, 0.4) is 0 Å². The predicted molar refractivity (Wildman–Crippen MR) is 88.0 cm³/mol. The van der Waals surface area contributed by atoms with Crippen LogP contribution in [-0.2, 0) is 16.9 Å². The summed E-state index contributed by atoms with van der Waals surface area (Å²) in [6, 6.07) is 1.86. The van der Waals surface area contributed by atoms with E-state index in [9.17, 15) is 4.79 Å². The second kappa shape index (κ2) is 6.54. The van der Waals surface area contributed by atoms with Crippen LogP contribution >= 0.6 is 0 Å². The Morgan fingerprint density at radius 2 is 2.17 bits per heavy atom. The van der Waals surface area contributed by atoms with E-state index in [-0.39, 0.29) is 5.91 Å². The van der Waals surface area contributed by atoms with Crippen molar-refractivity contribution < 1.29 is 4.79 Å². The highest BCUT2D eigenvalue weighted by Crippen LogP contribution is 2.28. The third-order valence-electron chi connectivity index (χ3n) is 4.24. The van der Waals surface area contributed by atoms with E-state index < -0.39 is 5.54 Å². The van der Waals surface area contributed by atoms with Gasteiger partial charge in [0, 0.05) is 25.1 Å². The van der Waals surface area contributed by atoms with Gasteiger partial charge in [-0.2, -0.15) is 10.2 Å². The van der Waals surface area contributed by atoms with Crippen LogP contribution in [0.15, 0.2) is 30.9 Å². The van der Waals surface area contributed by atoms with E-state index in [0.29, 0.717) is 5.92 Å². The first-order chi connectivity index (χ1) is 11.1. The molecule has 3 rings (SSSR count). The summed E-state index contributed by atoms with van der Waals surface area (Å²) in [6.07, 6.45) is 8.63. The Kier molecular flexibility index (Phi) is 4.47. The summed E-state index contributed by atoms with van der Waals surface area (Å²) in [5.41, 5.74) is 0.107. The van der Waals surface area contributed by atoms with Gasteiger partial charge in [-0.05, 0) is 37.9 Å². The minimum atomic E-state index is -0.630. The van der Waals surface area contributed by atoms with Crippen LogP contribution in [0.1, 0.15) is 26.7 Å². The molecule has 7 heteroatoms. The van der Waals surface area contributed by atoms with Crippen LogP contribution < -0.4 is 10.6 Å². The van der Waals surface area contributed by atoms with Crippen molar-refractivity contribution in [2.24, 2.45) is 5.92 Å². The van der Waals surface area contributed by atoms with Gasteiger partial charge >= 0.3 is 0 Å². The Hall–Kier alpha value is -2.15. The second-order valence-electron chi connectivity index (χ2n) is 6.53. The number of anilines is 1. The molecule has 23 heavy (non-hydrogen) atoms. The van der Waals surface area contributed by atoms with Crippen LogP contribution in [0.2, 0.25) is 0 Å². The molecule has 124 valence electrons. The fraction of sp³-hybridized carbons (Fsp3) is 0.562. The Labute approximate surface area is 136 Å². The molecule has 0 unspecified atom stereocenters. The smallest absolute Gasteiger partial charge is 0.252 e. The number of rotatable bonds is 5. The third kappa shape index (κ3) is 3.29. The summed E-state index contributed by atoms with van der Waals surface area (Å²) in [7, 11) is 0. The molecule has 1 fully saturated rings. The number of nitrogens with zero attached hydrogens (tertiary/aromatic N) is 4. The fourth-order valence-corrected chi connectivity index (χ4v) is 3.07. The Morgan fingerprint density at radius 3 is 2.83 bits per heavy atom. The van der Waals surface area contributed by atoms with Crippen LogP contribution in [0.25, 0.3) is 0 Å². The van der Waals surface area contributed by atoms with E-state index in [0.717, 1.165) is 38.2 Å². The minimum Gasteiger partial charge on any atom is -0.321 e. The molecule has 2 N–H and O–H groups in total. The average Bonchev–Trinajstić information content (AvgIpc) is 3.19. The summed E-state index contributed by atoms with van der Waals surface area (Å²) in [4.78, 5) is 13.0. The third-order valence-corrected chi connectivity index (χ3v) is 4.24. The van der Waals surface area contributed by atoms with Crippen molar-refractivity contribution in [1.82, 2.24) is 24.9 Å². The number of hydrogen-bond donors (Lipinski definition) is 2. The van der Waals surface area contributed by atoms with Gasteiger partial charge in [0.15, 0.2) is 0 Å². The number of piperidine rings is 1. The summed E-state index contributed by atoms with van der Waals surface area (Å²) in [5, 5.41) is 15.0. The molecular weight excluding hydrogens is 292 g/mol. The molecule has 7 nitrogen and oxygen atoms in total. The largest absolute Gasteiger partial charge is 0.321 e. The van der Waals surface area contributed by atoms with Crippen molar-refractivity contribution in [1.29, 1.82) is 0 Å². The maximum atomic E-state index is 13.0. The van der Waals surface area contributed by atoms with Crippen molar-refractivity contribution >= 4 is 11.6 Å². The monoisotopic (exact) mass is 316 g/mol. The average molecular weight is 316 g/mol. The summed E-state index contributed by atoms with van der Waals surface area (Å²) in [6.45, 7) is 6.73. The lowest BCUT2D eigenvalue weighted by Gasteiger charge is -2.36. The van der Waals surface area contributed by atoms with Crippen LogP contribution in [0.4, 0.5) is 5.69 Å². The molecule has 0 aliphatic carbocycles. The van der Waals surface area contributed by atoms with Gasteiger partial charge in [0.05, 0.1) is 11.9 Å². The molecule has 0 radical (unpaired) electrons. The number of carbonyl (C=O) groups excluding carboxylic acids is 1. The molecule has 0 aromatic carbocycles. The first kappa shape index (κ1) is 15.7. The standard InChI is InChI=1S/C16H24N6O/c1-13(2)11-21-12-14(10-19-21)20-15(23)16(4-7-17-8-5-16)22-9-3-6-18-22/h3,6,9-10,12-13,17H,4-5,7-8,11H2,1-2H3,(H,20,23). The van der Waals surface area contributed by atoms with Crippen molar-refractivity contribution in [3.05, 3.63) is 30.9 Å². The summed E-state index contributed by atoms with van der Waals surface area (Å²) >= 11 is 0. The molecule has 1 amide bonds. The lowest BCUT2D eigenvalue weighted by molar-refractivity contribution is -0.126. The zero-order valence-corrected chi connectivity index (χ0v) is 13.7. The number of aromatic nitrogens is 4. The summed E-state index contributed by atoms with van der Waals surface area (Å²) < 4.78 is 3.66. The lowest BCUT2D eigenvalue weighted by atomic mass is 9.87. The number of carbonyl (C=O) groups is 1. The van der Waals surface area contributed by atoms with Gasteiger partial charge in [-0.15, -0.1) is 0 Å². The van der Waals surface area contributed by atoms with Gasteiger partial charge in [0.1, 0.15) is 5.54 Å². The molecule has 1 saturated heterocycles. The first-order valence-electron chi connectivity index (χ1n) is 8.15. The Morgan fingerprint density at radius 1 is 1.39 bits per heavy atom. The Bertz CT molecular complexity index is 639. The fourth-order valence-electron chi connectivity index (χ4n) is 3.07. The number of hydrogen-bond acceptors (Lipinski definition) is 4.